The first-order valence-corrected chi connectivity index (χ1v) is 13.6. The molecule has 0 aliphatic heterocycles. The maximum atomic E-state index is 5.95. The molecule has 0 atom stereocenters. The Labute approximate surface area is 104 Å². The van der Waals surface area contributed by atoms with E-state index in [2.05, 4.69) is 26.2 Å². The minimum Gasteiger partial charge on any atom is -0.418 e. The van der Waals surface area contributed by atoms with Crippen LogP contribution in [0.5, 0.6) is 0 Å². The first kappa shape index (κ1) is 16.5. The lowest BCUT2D eigenvalue weighted by Gasteiger charge is -2.31. The number of hydrogen-bond donors (Lipinski definition) is 0. The Morgan fingerprint density at radius 2 is 1.12 bits per heavy atom. The van der Waals surface area contributed by atoms with Crippen LogP contribution < -0.4 is 0 Å². The molecule has 0 aromatic heterocycles. The summed E-state index contributed by atoms with van der Waals surface area (Å²) < 4.78 is 23.1. The topological polar surface area (TPSA) is 36.9 Å². The summed E-state index contributed by atoms with van der Waals surface area (Å²) in [4.78, 5) is 0. The zero-order valence-electron chi connectivity index (χ0n) is 11.6. The average Bonchev–Trinajstić information content (AvgIpc) is 1.99. The van der Waals surface area contributed by atoms with Gasteiger partial charge < -0.3 is 17.1 Å². The molecule has 0 heterocycles. The Hall–Kier alpha value is 0.491. The minimum atomic E-state index is -1.99. The van der Waals surface area contributed by atoms with Crippen molar-refractivity contribution in [3.8, 4) is 0 Å². The van der Waals surface area contributed by atoms with Gasteiger partial charge in [-0.2, -0.15) is 0 Å². The van der Waals surface area contributed by atoms with Gasteiger partial charge in [0.25, 0.3) is 0 Å². The molecule has 16 heavy (non-hydrogen) atoms. The van der Waals surface area contributed by atoms with Gasteiger partial charge in [0.05, 0.1) is 0 Å². The first-order chi connectivity index (χ1) is 7.22. The molecule has 0 aliphatic rings. The van der Waals surface area contributed by atoms with Gasteiger partial charge in [-0.3, -0.25) is 0 Å². The molecule has 0 rings (SSSR count). The summed E-state index contributed by atoms with van der Waals surface area (Å²) in [6, 6.07) is 0. The molecule has 0 aromatic carbocycles. The fourth-order valence-electron chi connectivity index (χ4n) is 1.59. The van der Waals surface area contributed by atoms with Crippen LogP contribution in [0.3, 0.4) is 0 Å². The van der Waals surface area contributed by atoms with Gasteiger partial charge in [0, 0.05) is 13.2 Å². The molecule has 0 N–H and O–H groups in total. The van der Waals surface area contributed by atoms with Crippen LogP contribution in [-0.2, 0) is 17.1 Å². The molecule has 4 nitrogen and oxygen atoms in total. The van der Waals surface area contributed by atoms with Crippen LogP contribution in [-0.4, -0.2) is 39.6 Å². The van der Waals surface area contributed by atoms with Crippen LogP contribution in [0.1, 0.15) is 13.8 Å². The zero-order chi connectivity index (χ0) is 12.8. The van der Waals surface area contributed by atoms with E-state index < -0.39 is 26.4 Å². The Balaban J connectivity index is 4.11. The van der Waals surface area contributed by atoms with Gasteiger partial charge in [-0.05, 0) is 46.6 Å². The lowest BCUT2D eigenvalue weighted by molar-refractivity contribution is 0.225. The lowest BCUT2D eigenvalue weighted by Crippen LogP contribution is -2.47. The molecule has 0 fully saturated rings. The van der Waals surface area contributed by atoms with E-state index in [0.29, 0.717) is 13.2 Å². The number of rotatable bonds is 8. The second-order valence-electron chi connectivity index (χ2n) is 4.47. The summed E-state index contributed by atoms with van der Waals surface area (Å²) in [5.74, 6) is 0. The van der Waals surface area contributed by atoms with Gasteiger partial charge in [-0.1, -0.05) is 0 Å². The monoisotopic (exact) mass is 282 g/mol. The number of hydrogen-bond acceptors (Lipinski definition) is 4. The molecular formula is C9H26O4Si3. The summed E-state index contributed by atoms with van der Waals surface area (Å²) in [7, 11) is -5.61. The molecule has 0 unspecified atom stereocenters. The van der Waals surface area contributed by atoms with Gasteiger partial charge in [0.2, 0.25) is 0 Å². The third-order valence-electron chi connectivity index (χ3n) is 1.88. The second kappa shape index (κ2) is 7.04. The highest BCUT2D eigenvalue weighted by Crippen LogP contribution is 2.13. The Morgan fingerprint density at radius 1 is 0.812 bits per heavy atom. The molecular weight excluding hydrogens is 256 g/mol. The highest BCUT2D eigenvalue weighted by Gasteiger charge is 2.33. The standard InChI is InChI=1S/C9H26O4Si3/c1-8-10-15(4,5)12-14(3)13-16(6,7)11-9-2/h14H,8-9H2,1-7H3. The molecule has 0 aromatic rings. The van der Waals surface area contributed by atoms with E-state index in [1.165, 1.54) is 0 Å². The first-order valence-electron chi connectivity index (χ1n) is 5.86. The van der Waals surface area contributed by atoms with Crippen LogP contribution in [0, 0.1) is 0 Å². The summed E-state index contributed by atoms with van der Waals surface area (Å²) >= 11 is 0. The van der Waals surface area contributed by atoms with Gasteiger partial charge in [0.1, 0.15) is 0 Å². The molecule has 0 aliphatic carbocycles. The van der Waals surface area contributed by atoms with Crippen LogP contribution in [0.15, 0.2) is 0 Å². The molecule has 0 radical (unpaired) electrons. The maximum absolute atomic E-state index is 5.95. The van der Waals surface area contributed by atoms with Crippen molar-refractivity contribution >= 4 is 26.4 Å². The van der Waals surface area contributed by atoms with E-state index in [1.54, 1.807) is 0 Å². The van der Waals surface area contributed by atoms with Crippen LogP contribution in [0.4, 0.5) is 0 Å². The van der Waals surface area contributed by atoms with Crippen molar-refractivity contribution in [2.24, 2.45) is 0 Å². The predicted octanol–water partition coefficient (Wildman–Crippen LogP) is 2.35. The summed E-state index contributed by atoms with van der Waals surface area (Å²) in [6.45, 7) is 15.6. The van der Waals surface area contributed by atoms with E-state index >= 15 is 0 Å². The molecule has 0 bridgehead atoms. The Kier molecular flexibility index (Phi) is 7.26. The van der Waals surface area contributed by atoms with E-state index in [4.69, 9.17) is 17.1 Å². The smallest absolute Gasteiger partial charge is 0.322 e. The van der Waals surface area contributed by atoms with Crippen molar-refractivity contribution in [2.75, 3.05) is 13.2 Å². The fraction of sp³-hybridized carbons (Fsp3) is 1.00. The molecule has 7 heteroatoms. The highest BCUT2D eigenvalue weighted by atomic mass is 28.5. The van der Waals surface area contributed by atoms with Gasteiger partial charge in [-0.15, -0.1) is 0 Å². The van der Waals surface area contributed by atoms with E-state index in [1.807, 2.05) is 20.4 Å². The zero-order valence-corrected chi connectivity index (χ0v) is 14.8. The van der Waals surface area contributed by atoms with Crippen LogP contribution >= 0.6 is 0 Å². The van der Waals surface area contributed by atoms with E-state index in [9.17, 15) is 0 Å². The molecule has 0 spiro atoms. The van der Waals surface area contributed by atoms with E-state index in [0.717, 1.165) is 0 Å². The maximum Gasteiger partial charge on any atom is 0.322 e. The molecule has 0 saturated carbocycles. The lowest BCUT2D eigenvalue weighted by atomic mass is 10.9. The van der Waals surface area contributed by atoms with Gasteiger partial charge >= 0.3 is 26.4 Å². The van der Waals surface area contributed by atoms with E-state index in [-0.39, 0.29) is 0 Å². The quantitative estimate of drug-likeness (QED) is 0.640. The molecule has 98 valence electrons. The van der Waals surface area contributed by atoms with Crippen LogP contribution in [0.25, 0.3) is 0 Å². The summed E-state index contributed by atoms with van der Waals surface area (Å²) in [6.07, 6.45) is 0. The van der Waals surface area contributed by atoms with Gasteiger partial charge in [-0.25, -0.2) is 0 Å². The van der Waals surface area contributed by atoms with Crippen molar-refractivity contribution in [3.63, 3.8) is 0 Å². The van der Waals surface area contributed by atoms with Crippen molar-refractivity contribution in [1.82, 2.24) is 0 Å². The van der Waals surface area contributed by atoms with Crippen molar-refractivity contribution < 1.29 is 17.1 Å². The predicted molar refractivity (Wildman–Crippen MR) is 73.4 cm³/mol. The minimum absolute atomic E-state index is 0.701. The normalized spacial score (nSPS) is 13.5. The van der Waals surface area contributed by atoms with Crippen LogP contribution in [0.2, 0.25) is 32.7 Å². The van der Waals surface area contributed by atoms with Crippen molar-refractivity contribution in [1.29, 1.82) is 0 Å². The largest absolute Gasteiger partial charge is 0.418 e. The third-order valence-corrected chi connectivity index (χ3v) is 11.0. The summed E-state index contributed by atoms with van der Waals surface area (Å²) in [5.41, 5.74) is 0. The van der Waals surface area contributed by atoms with Crippen molar-refractivity contribution in [3.05, 3.63) is 0 Å². The molecule has 0 saturated heterocycles. The fourth-order valence-corrected chi connectivity index (χ4v) is 10.5. The summed E-state index contributed by atoms with van der Waals surface area (Å²) in [5, 5.41) is 0. The molecule has 0 amide bonds. The third kappa shape index (κ3) is 7.71. The average molecular weight is 283 g/mol. The Morgan fingerprint density at radius 3 is 1.38 bits per heavy atom. The van der Waals surface area contributed by atoms with Gasteiger partial charge in [0.15, 0.2) is 0 Å². The Bertz CT molecular complexity index is 179. The van der Waals surface area contributed by atoms with Crippen molar-refractivity contribution in [2.45, 2.75) is 46.6 Å². The SMILES string of the molecule is CCO[Si](C)(C)O[SiH](C)O[Si](C)(C)OCC. The second-order valence-corrected chi connectivity index (χ2v) is 13.7. The highest BCUT2D eigenvalue weighted by molar-refractivity contribution is 6.76.